The van der Waals surface area contributed by atoms with Gasteiger partial charge in [-0.1, -0.05) is 30.3 Å². The number of hydrogen-bond acceptors (Lipinski definition) is 2. The minimum atomic E-state index is 0.793. The highest BCUT2D eigenvalue weighted by Gasteiger charge is 2.07. The third kappa shape index (κ3) is 1.63. The van der Waals surface area contributed by atoms with Crippen LogP contribution in [0, 0.1) is 0 Å². The Morgan fingerprint density at radius 1 is 1.00 bits per heavy atom. The molecule has 1 aromatic carbocycles. The van der Waals surface area contributed by atoms with E-state index in [0.717, 1.165) is 18.5 Å². The molecule has 2 heterocycles. The van der Waals surface area contributed by atoms with E-state index in [-0.39, 0.29) is 0 Å². The molecule has 0 bridgehead atoms. The van der Waals surface area contributed by atoms with Crippen LogP contribution in [0.3, 0.4) is 0 Å². The summed E-state index contributed by atoms with van der Waals surface area (Å²) < 4.78 is 0. The van der Waals surface area contributed by atoms with E-state index in [0.29, 0.717) is 0 Å². The molecule has 2 nitrogen and oxygen atoms in total. The highest BCUT2D eigenvalue weighted by Crippen LogP contribution is 2.08. The molecule has 0 atom stereocenters. The minimum Gasteiger partial charge on any atom is -0.262 e. The monoisotopic (exact) mass is 208 g/mol. The van der Waals surface area contributed by atoms with Crippen LogP contribution in [0.2, 0.25) is 0 Å². The van der Waals surface area contributed by atoms with E-state index in [4.69, 9.17) is 0 Å². The smallest absolute Gasteiger partial charge is 0.154 e. The van der Waals surface area contributed by atoms with E-state index in [1.807, 2.05) is 12.1 Å². The van der Waals surface area contributed by atoms with Gasteiger partial charge in [-0.2, -0.15) is 0 Å². The van der Waals surface area contributed by atoms with Crippen LogP contribution in [0.4, 0.5) is 0 Å². The molecule has 3 rings (SSSR count). The molecule has 0 amide bonds. The number of hydrogen-bond donors (Lipinski definition) is 0. The van der Waals surface area contributed by atoms with Crippen molar-refractivity contribution in [1.29, 1.82) is 0 Å². The molecule has 0 fully saturated rings. The molecule has 2 heteroatoms. The summed E-state index contributed by atoms with van der Waals surface area (Å²) in [5.41, 5.74) is 3.60. The number of fused-ring (bicyclic) bond motifs is 1. The Morgan fingerprint density at radius 2 is 1.88 bits per heavy atom. The highest BCUT2D eigenvalue weighted by atomic mass is 14.8. The zero-order chi connectivity index (χ0) is 10.8. The fourth-order valence-corrected chi connectivity index (χ4v) is 2.05. The van der Waals surface area contributed by atoms with Gasteiger partial charge in [-0.25, -0.2) is 4.98 Å². The number of aromatic nitrogens is 1. The van der Waals surface area contributed by atoms with Crippen molar-refractivity contribution in [3.05, 3.63) is 64.9 Å². The second-order valence-corrected chi connectivity index (χ2v) is 3.96. The predicted octanol–water partition coefficient (Wildman–Crippen LogP) is 1.11. The van der Waals surface area contributed by atoms with Crippen LogP contribution in [-0.4, -0.2) is 11.5 Å². The van der Waals surface area contributed by atoms with Crippen LogP contribution in [0.1, 0.15) is 5.56 Å². The standard InChI is InChI=1S/C14H12N2/c1-2-5-11(6-3-1)9-12-10-16-14-13(12)7-4-8-15-14/h1-8H,9-10H2. The van der Waals surface area contributed by atoms with Crippen molar-refractivity contribution < 1.29 is 0 Å². The SMILES string of the molecule is c1ccc(CC2=c3cccnc3=NC2)cc1. The van der Waals surface area contributed by atoms with Gasteiger partial charge in [0.15, 0.2) is 5.49 Å². The molecule has 1 aromatic heterocycles. The zero-order valence-electron chi connectivity index (χ0n) is 8.93. The van der Waals surface area contributed by atoms with Gasteiger partial charge in [0.25, 0.3) is 0 Å². The van der Waals surface area contributed by atoms with Crippen molar-refractivity contribution >= 4 is 5.57 Å². The van der Waals surface area contributed by atoms with Gasteiger partial charge in [0.1, 0.15) is 0 Å². The van der Waals surface area contributed by atoms with Crippen LogP contribution >= 0.6 is 0 Å². The minimum absolute atomic E-state index is 0.793. The fourth-order valence-electron chi connectivity index (χ4n) is 2.05. The topological polar surface area (TPSA) is 25.2 Å². The first-order valence-corrected chi connectivity index (χ1v) is 5.45. The highest BCUT2D eigenvalue weighted by molar-refractivity contribution is 5.52. The number of pyridine rings is 1. The second-order valence-electron chi connectivity index (χ2n) is 3.96. The van der Waals surface area contributed by atoms with Crippen molar-refractivity contribution in [3.8, 4) is 0 Å². The number of rotatable bonds is 2. The first-order chi connectivity index (χ1) is 7.93. The average Bonchev–Trinajstić information content (AvgIpc) is 2.74. The van der Waals surface area contributed by atoms with Crippen LogP contribution in [0.15, 0.2) is 53.7 Å². The maximum absolute atomic E-state index is 4.43. The predicted molar refractivity (Wildman–Crippen MR) is 63.4 cm³/mol. The van der Waals surface area contributed by atoms with Gasteiger partial charge in [-0.05, 0) is 29.7 Å². The summed E-state index contributed by atoms with van der Waals surface area (Å²) in [5, 5.41) is 1.21. The Balaban J connectivity index is 2.03. The normalized spacial score (nSPS) is 13.4. The van der Waals surface area contributed by atoms with Gasteiger partial charge in [0.05, 0.1) is 6.54 Å². The molecular formula is C14H12N2. The van der Waals surface area contributed by atoms with Gasteiger partial charge in [0.2, 0.25) is 0 Å². The molecule has 0 radical (unpaired) electrons. The summed E-state index contributed by atoms with van der Waals surface area (Å²) in [7, 11) is 0. The molecule has 0 aliphatic carbocycles. The van der Waals surface area contributed by atoms with E-state index in [9.17, 15) is 0 Å². The molecular weight excluding hydrogens is 196 g/mol. The third-order valence-corrected chi connectivity index (χ3v) is 2.85. The van der Waals surface area contributed by atoms with Crippen LogP contribution < -0.4 is 10.7 Å². The Morgan fingerprint density at radius 3 is 2.75 bits per heavy atom. The van der Waals surface area contributed by atoms with E-state index < -0.39 is 0 Å². The van der Waals surface area contributed by atoms with Gasteiger partial charge in [0, 0.05) is 11.4 Å². The molecule has 0 unspecified atom stereocenters. The van der Waals surface area contributed by atoms with Crippen molar-refractivity contribution in [1.82, 2.24) is 4.98 Å². The molecule has 0 saturated heterocycles. The summed E-state index contributed by atoms with van der Waals surface area (Å²) in [6, 6.07) is 14.6. The van der Waals surface area contributed by atoms with Crippen LogP contribution in [-0.2, 0) is 6.42 Å². The molecule has 0 spiro atoms. The largest absolute Gasteiger partial charge is 0.262 e. The molecule has 1 aliphatic rings. The molecule has 1 aliphatic heterocycles. The Hall–Kier alpha value is -1.96. The fraction of sp³-hybridized carbons (Fsp3) is 0.143. The third-order valence-electron chi connectivity index (χ3n) is 2.85. The van der Waals surface area contributed by atoms with E-state index in [1.54, 1.807) is 6.20 Å². The van der Waals surface area contributed by atoms with Crippen LogP contribution in [0.5, 0.6) is 0 Å². The molecule has 0 saturated carbocycles. The molecule has 0 N–H and O–H groups in total. The van der Waals surface area contributed by atoms with Gasteiger partial charge in [-0.3, -0.25) is 4.99 Å². The molecule has 2 aromatic rings. The quantitative estimate of drug-likeness (QED) is 0.725. The molecule has 16 heavy (non-hydrogen) atoms. The van der Waals surface area contributed by atoms with E-state index in [1.165, 1.54) is 16.4 Å². The number of nitrogens with zero attached hydrogens (tertiary/aromatic N) is 2. The van der Waals surface area contributed by atoms with Gasteiger partial charge < -0.3 is 0 Å². The van der Waals surface area contributed by atoms with E-state index >= 15 is 0 Å². The lowest BCUT2D eigenvalue weighted by atomic mass is 10.0. The lowest BCUT2D eigenvalue weighted by Crippen LogP contribution is -2.26. The van der Waals surface area contributed by atoms with Crippen LogP contribution in [0.25, 0.3) is 5.57 Å². The maximum atomic E-state index is 4.43. The van der Waals surface area contributed by atoms with Crippen molar-refractivity contribution in [2.75, 3.05) is 6.54 Å². The second kappa shape index (κ2) is 3.89. The lowest BCUT2D eigenvalue weighted by Gasteiger charge is -2.01. The van der Waals surface area contributed by atoms with Crippen molar-refractivity contribution in [2.24, 2.45) is 4.99 Å². The lowest BCUT2D eigenvalue weighted by molar-refractivity contribution is 1.09. The molecule has 78 valence electrons. The Bertz CT molecular complexity index is 615. The number of benzene rings is 1. The van der Waals surface area contributed by atoms with Gasteiger partial charge in [-0.15, -0.1) is 0 Å². The zero-order valence-corrected chi connectivity index (χ0v) is 8.93. The summed E-state index contributed by atoms with van der Waals surface area (Å²) in [6.07, 6.45) is 2.77. The average molecular weight is 208 g/mol. The van der Waals surface area contributed by atoms with E-state index in [2.05, 4.69) is 40.3 Å². The summed E-state index contributed by atoms with van der Waals surface area (Å²) in [6.45, 7) is 0.793. The summed E-state index contributed by atoms with van der Waals surface area (Å²) >= 11 is 0. The summed E-state index contributed by atoms with van der Waals surface area (Å²) in [4.78, 5) is 8.69. The summed E-state index contributed by atoms with van der Waals surface area (Å²) in [5.74, 6) is 0. The van der Waals surface area contributed by atoms with Gasteiger partial charge >= 0.3 is 0 Å². The first-order valence-electron chi connectivity index (χ1n) is 5.45. The van der Waals surface area contributed by atoms with Crippen molar-refractivity contribution in [2.45, 2.75) is 6.42 Å². The van der Waals surface area contributed by atoms with Crippen molar-refractivity contribution in [3.63, 3.8) is 0 Å². The Labute approximate surface area is 94.0 Å². The maximum Gasteiger partial charge on any atom is 0.154 e. The first kappa shape index (κ1) is 9.28. The Kier molecular flexibility index (Phi) is 2.26.